The van der Waals surface area contributed by atoms with E-state index in [4.69, 9.17) is 0 Å². The maximum atomic E-state index is 12.8. The molecule has 0 heterocycles. The average molecular weight is 330 g/mol. The molecule has 0 spiro atoms. The number of guanidine groups is 1. The first-order valence-corrected chi connectivity index (χ1v) is 7.51. The molecule has 0 aliphatic rings. The molecule has 0 unspecified atom stereocenters. The van der Waals surface area contributed by atoms with Crippen molar-refractivity contribution in [1.82, 2.24) is 10.6 Å². The van der Waals surface area contributed by atoms with Gasteiger partial charge in [-0.25, -0.2) is 4.39 Å². The standard InChI is InChI=1S/C17H19FN4O2/c1-19-17(20-11-10-13-2-6-15(18)7-3-13)21-12-14-4-8-16(9-5-14)22(23)24/h2-9H,10-12H2,1H3,(H2,19,20,21). The Hall–Kier alpha value is -2.96. The number of nitrogens with one attached hydrogen (secondary N) is 2. The Morgan fingerprint density at radius 1 is 1.08 bits per heavy atom. The van der Waals surface area contributed by atoms with Crippen molar-refractivity contribution in [2.45, 2.75) is 13.0 Å². The number of nitro benzene ring substituents is 1. The van der Waals surface area contributed by atoms with Crippen LogP contribution in [0.2, 0.25) is 0 Å². The third-order valence-corrected chi connectivity index (χ3v) is 3.45. The van der Waals surface area contributed by atoms with Crippen LogP contribution >= 0.6 is 0 Å². The molecule has 0 aliphatic heterocycles. The summed E-state index contributed by atoms with van der Waals surface area (Å²) in [4.78, 5) is 14.3. The van der Waals surface area contributed by atoms with Gasteiger partial charge in [-0.15, -0.1) is 0 Å². The molecular formula is C17H19FN4O2. The molecule has 0 amide bonds. The van der Waals surface area contributed by atoms with Crippen LogP contribution in [0.4, 0.5) is 10.1 Å². The Balaban J connectivity index is 1.77. The highest BCUT2D eigenvalue weighted by Gasteiger charge is 2.04. The summed E-state index contributed by atoms with van der Waals surface area (Å²) in [6.07, 6.45) is 0.749. The summed E-state index contributed by atoms with van der Waals surface area (Å²) in [6.45, 7) is 1.17. The molecule has 0 aliphatic carbocycles. The van der Waals surface area contributed by atoms with Gasteiger partial charge in [0.15, 0.2) is 5.96 Å². The SMILES string of the molecule is CN=C(NCCc1ccc(F)cc1)NCc1ccc([N+](=O)[O-])cc1. The fraction of sp³-hybridized carbons (Fsp3) is 0.235. The molecule has 2 aromatic carbocycles. The van der Waals surface area contributed by atoms with Gasteiger partial charge in [-0.1, -0.05) is 24.3 Å². The normalized spacial score (nSPS) is 11.2. The van der Waals surface area contributed by atoms with Crippen LogP contribution in [0.3, 0.4) is 0 Å². The number of aliphatic imine (C=N–C) groups is 1. The van der Waals surface area contributed by atoms with E-state index in [9.17, 15) is 14.5 Å². The van der Waals surface area contributed by atoms with E-state index >= 15 is 0 Å². The Bertz CT molecular complexity index is 700. The predicted molar refractivity (Wildman–Crippen MR) is 91.4 cm³/mol. The maximum absolute atomic E-state index is 12.8. The van der Waals surface area contributed by atoms with Crippen molar-refractivity contribution in [3.63, 3.8) is 0 Å². The van der Waals surface area contributed by atoms with Crippen LogP contribution in [-0.4, -0.2) is 24.5 Å². The third kappa shape index (κ3) is 5.35. The number of hydrogen-bond acceptors (Lipinski definition) is 3. The van der Waals surface area contributed by atoms with Crippen molar-refractivity contribution in [3.8, 4) is 0 Å². The van der Waals surface area contributed by atoms with Gasteiger partial charge in [0.05, 0.1) is 4.92 Å². The van der Waals surface area contributed by atoms with E-state index in [1.165, 1.54) is 24.3 Å². The monoisotopic (exact) mass is 330 g/mol. The first-order chi connectivity index (χ1) is 11.6. The number of benzene rings is 2. The molecule has 2 N–H and O–H groups in total. The summed E-state index contributed by atoms with van der Waals surface area (Å²) in [5.74, 6) is 0.391. The number of hydrogen-bond donors (Lipinski definition) is 2. The second-order valence-corrected chi connectivity index (χ2v) is 5.15. The number of rotatable bonds is 6. The van der Waals surface area contributed by atoms with Crippen LogP contribution in [0.15, 0.2) is 53.5 Å². The van der Waals surface area contributed by atoms with E-state index in [0.717, 1.165) is 17.5 Å². The highest BCUT2D eigenvalue weighted by Crippen LogP contribution is 2.11. The molecule has 2 aromatic rings. The van der Waals surface area contributed by atoms with Gasteiger partial charge in [0, 0.05) is 32.3 Å². The van der Waals surface area contributed by atoms with Crippen molar-refractivity contribution in [3.05, 3.63) is 75.6 Å². The van der Waals surface area contributed by atoms with Gasteiger partial charge in [0.25, 0.3) is 5.69 Å². The van der Waals surface area contributed by atoms with Gasteiger partial charge >= 0.3 is 0 Å². The van der Waals surface area contributed by atoms with Crippen molar-refractivity contribution in [2.24, 2.45) is 4.99 Å². The highest BCUT2D eigenvalue weighted by atomic mass is 19.1. The van der Waals surface area contributed by atoms with Gasteiger partial charge in [-0.3, -0.25) is 15.1 Å². The minimum Gasteiger partial charge on any atom is -0.356 e. The van der Waals surface area contributed by atoms with Crippen LogP contribution in [0.1, 0.15) is 11.1 Å². The number of non-ortho nitro benzene ring substituents is 1. The summed E-state index contributed by atoms with van der Waals surface area (Å²) in [5, 5.41) is 16.9. The van der Waals surface area contributed by atoms with Crippen molar-refractivity contribution in [2.75, 3.05) is 13.6 Å². The maximum Gasteiger partial charge on any atom is 0.269 e. The van der Waals surface area contributed by atoms with E-state index in [1.807, 2.05) is 0 Å². The third-order valence-electron chi connectivity index (χ3n) is 3.45. The summed E-state index contributed by atoms with van der Waals surface area (Å²) in [6, 6.07) is 12.7. The zero-order valence-electron chi connectivity index (χ0n) is 13.3. The molecule has 0 fully saturated rings. The topological polar surface area (TPSA) is 79.6 Å². The summed E-state index contributed by atoms with van der Waals surface area (Å²) in [7, 11) is 1.67. The minimum atomic E-state index is -0.423. The van der Waals surface area contributed by atoms with Gasteiger partial charge in [-0.2, -0.15) is 0 Å². The molecule has 0 bridgehead atoms. The second-order valence-electron chi connectivity index (χ2n) is 5.15. The van der Waals surface area contributed by atoms with E-state index in [-0.39, 0.29) is 11.5 Å². The lowest BCUT2D eigenvalue weighted by Crippen LogP contribution is -2.37. The Labute approximate surface area is 139 Å². The molecule has 0 saturated heterocycles. The fourth-order valence-corrected chi connectivity index (χ4v) is 2.12. The zero-order chi connectivity index (χ0) is 17.4. The number of halogens is 1. The van der Waals surface area contributed by atoms with E-state index in [1.54, 1.807) is 31.3 Å². The fourth-order valence-electron chi connectivity index (χ4n) is 2.12. The van der Waals surface area contributed by atoms with Crippen LogP contribution in [0.5, 0.6) is 0 Å². The zero-order valence-corrected chi connectivity index (χ0v) is 13.3. The Kier molecular flexibility index (Phi) is 6.24. The molecule has 7 heteroatoms. The molecule has 126 valence electrons. The van der Waals surface area contributed by atoms with E-state index in [0.29, 0.717) is 19.0 Å². The van der Waals surface area contributed by atoms with Gasteiger partial charge in [0.2, 0.25) is 0 Å². The number of nitrogens with zero attached hydrogens (tertiary/aromatic N) is 2. The summed E-state index contributed by atoms with van der Waals surface area (Å²) in [5.41, 5.74) is 2.03. The van der Waals surface area contributed by atoms with Gasteiger partial charge < -0.3 is 10.6 Å². The predicted octanol–water partition coefficient (Wildman–Crippen LogP) is 2.64. The minimum absolute atomic E-state index is 0.0700. The van der Waals surface area contributed by atoms with Crippen LogP contribution in [-0.2, 0) is 13.0 Å². The largest absolute Gasteiger partial charge is 0.356 e. The van der Waals surface area contributed by atoms with Crippen molar-refractivity contribution < 1.29 is 9.31 Å². The Morgan fingerprint density at radius 2 is 1.71 bits per heavy atom. The number of nitro groups is 1. The van der Waals surface area contributed by atoms with Crippen molar-refractivity contribution in [1.29, 1.82) is 0 Å². The van der Waals surface area contributed by atoms with E-state index in [2.05, 4.69) is 15.6 Å². The second kappa shape index (κ2) is 8.61. The van der Waals surface area contributed by atoms with Gasteiger partial charge in [-0.05, 0) is 29.7 Å². The van der Waals surface area contributed by atoms with Crippen LogP contribution < -0.4 is 10.6 Å². The lowest BCUT2D eigenvalue weighted by molar-refractivity contribution is -0.384. The highest BCUT2D eigenvalue weighted by molar-refractivity contribution is 5.79. The molecule has 0 saturated carbocycles. The molecular weight excluding hydrogens is 311 g/mol. The van der Waals surface area contributed by atoms with Gasteiger partial charge in [0.1, 0.15) is 5.82 Å². The Morgan fingerprint density at radius 3 is 2.29 bits per heavy atom. The first kappa shape index (κ1) is 17.4. The molecule has 0 aromatic heterocycles. The molecule has 0 atom stereocenters. The smallest absolute Gasteiger partial charge is 0.269 e. The van der Waals surface area contributed by atoms with Crippen LogP contribution in [0.25, 0.3) is 0 Å². The van der Waals surface area contributed by atoms with E-state index < -0.39 is 4.92 Å². The average Bonchev–Trinajstić information content (AvgIpc) is 2.60. The summed E-state index contributed by atoms with van der Waals surface area (Å²) < 4.78 is 12.8. The summed E-state index contributed by atoms with van der Waals surface area (Å²) >= 11 is 0. The molecule has 6 nitrogen and oxygen atoms in total. The first-order valence-electron chi connectivity index (χ1n) is 7.51. The lowest BCUT2D eigenvalue weighted by Gasteiger charge is -2.12. The molecule has 2 rings (SSSR count). The quantitative estimate of drug-likeness (QED) is 0.369. The lowest BCUT2D eigenvalue weighted by atomic mass is 10.1. The van der Waals surface area contributed by atoms with Crippen molar-refractivity contribution >= 4 is 11.6 Å². The van der Waals surface area contributed by atoms with Crippen LogP contribution in [0, 0.1) is 15.9 Å². The molecule has 24 heavy (non-hydrogen) atoms. The molecule has 0 radical (unpaired) electrons.